The summed E-state index contributed by atoms with van der Waals surface area (Å²) in [6.45, 7) is -0.340. The molecular formula is C28H24N2O8. The van der Waals surface area contributed by atoms with E-state index in [1.54, 1.807) is 73.8 Å². The monoisotopic (exact) mass is 516 g/mol. The molecule has 1 aliphatic rings. The molecule has 0 fully saturated rings. The van der Waals surface area contributed by atoms with Crippen LogP contribution in [0, 0.1) is 0 Å². The number of carbonyl (C=O) groups excluding carboxylic acids is 2. The minimum Gasteiger partial charge on any atom is -0.497 e. The van der Waals surface area contributed by atoms with Gasteiger partial charge in [0.25, 0.3) is 11.8 Å². The Morgan fingerprint density at radius 3 is 2.45 bits per heavy atom. The summed E-state index contributed by atoms with van der Waals surface area (Å²) in [6, 6.07) is 18.7. The van der Waals surface area contributed by atoms with Crippen LogP contribution in [0.3, 0.4) is 0 Å². The highest BCUT2D eigenvalue weighted by atomic mass is 16.5. The normalized spacial score (nSPS) is 15.8. The molecule has 1 aliphatic heterocycles. The fourth-order valence-corrected chi connectivity index (χ4v) is 4.46. The predicted molar refractivity (Wildman–Crippen MR) is 138 cm³/mol. The highest BCUT2D eigenvalue weighted by Crippen LogP contribution is 2.46. The molecule has 10 nitrogen and oxygen atoms in total. The summed E-state index contributed by atoms with van der Waals surface area (Å²) >= 11 is 0. The summed E-state index contributed by atoms with van der Waals surface area (Å²) < 4.78 is 27.8. The van der Waals surface area contributed by atoms with E-state index in [9.17, 15) is 14.4 Å². The fourth-order valence-electron chi connectivity index (χ4n) is 4.46. The number of primary amides is 1. The number of hydrogen-bond acceptors (Lipinski definition) is 8. The average Bonchev–Trinajstić information content (AvgIpc) is 3.34. The van der Waals surface area contributed by atoms with Crippen LogP contribution in [0.5, 0.6) is 23.0 Å². The summed E-state index contributed by atoms with van der Waals surface area (Å²) in [5.74, 6) is -0.453. The molecular weight excluding hydrogens is 492 g/mol. The number of carbonyl (C=O) groups is 2. The van der Waals surface area contributed by atoms with Crippen molar-refractivity contribution in [2.75, 3.05) is 26.1 Å². The SMILES string of the molecule is COc1ccc(NC(=O)[C@H]2Oc3c(c(=O)oc4ccccc34)[C@H]2c2ccc(OCC(N)=O)c(OC)c2)cc1. The second kappa shape index (κ2) is 10.2. The maximum Gasteiger partial charge on any atom is 0.344 e. The summed E-state index contributed by atoms with van der Waals surface area (Å²) in [7, 11) is 2.99. The van der Waals surface area contributed by atoms with Gasteiger partial charge in [0, 0.05) is 5.69 Å². The number of anilines is 1. The van der Waals surface area contributed by atoms with Gasteiger partial charge in [-0.3, -0.25) is 9.59 Å². The average molecular weight is 517 g/mol. The van der Waals surface area contributed by atoms with E-state index < -0.39 is 29.5 Å². The van der Waals surface area contributed by atoms with E-state index in [2.05, 4.69) is 5.32 Å². The largest absolute Gasteiger partial charge is 0.497 e. The van der Waals surface area contributed by atoms with Crippen LogP contribution < -0.4 is 35.6 Å². The third kappa shape index (κ3) is 4.59. The topological polar surface area (TPSA) is 139 Å². The van der Waals surface area contributed by atoms with Crippen LogP contribution in [-0.2, 0) is 9.59 Å². The molecule has 2 amide bonds. The van der Waals surface area contributed by atoms with Crippen LogP contribution in [-0.4, -0.2) is 38.7 Å². The van der Waals surface area contributed by atoms with Gasteiger partial charge in [0.1, 0.15) is 17.1 Å². The van der Waals surface area contributed by atoms with Crippen molar-refractivity contribution in [3.8, 4) is 23.0 Å². The first-order chi connectivity index (χ1) is 18.4. The molecule has 0 spiro atoms. The number of para-hydroxylation sites is 1. The van der Waals surface area contributed by atoms with Crippen molar-refractivity contribution in [2.24, 2.45) is 5.73 Å². The molecule has 0 saturated carbocycles. The van der Waals surface area contributed by atoms with Crippen LogP contribution in [0.1, 0.15) is 17.0 Å². The Balaban J connectivity index is 1.59. The molecule has 0 radical (unpaired) electrons. The summed E-state index contributed by atoms with van der Waals surface area (Å²) in [6.07, 6.45) is -1.11. The predicted octanol–water partition coefficient (Wildman–Crippen LogP) is 3.21. The third-order valence-electron chi connectivity index (χ3n) is 6.19. The molecule has 4 aromatic rings. The van der Waals surface area contributed by atoms with Crippen LogP contribution in [0.15, 0.2) is 75.9 Å². The van der Waals surface area contributed by atoms with Crippen molar-refractivity contribution in [3.05, 3.63) is 88.3 Å². The zero-order valence-electron chi connectivity index (χ0n) is 20.6. The molecule has 10 heteroatoms. The van der Waals surface area contributed by atoms with Crippen LogP contribution in [0.4, 0.5) is 5.69 Å². The Morgan fingerprint density at radius 2 is 1.74 bits per heavy atom. The second-order valence-electron chi connectivity index (χ2n) is 8.53. The van der Waals surface area contributed by atoms with E-state index in [1.165, 1.54) is 7.11 Å². The summed E-state index contributed by atoms with van der Waals surface area (Å²) in [5.41, 5.74) is 6.21. The number of hydrogen-bond donors (Lipinski definition) is 2. The van der Waals surface area contributed by atoms with Crippen molar-refractivity contribution < 1.29 is 33.0 Å². The molecule has 3 N–H and O–H groups in total. The molecule has 5 rings (SSSR count). The van der Waals surface area contributed by atoms with E-state index >= 15 is 0 Å². The van der Waals surface area contributed by atoms with Gasteiger partial charge >= 0.3 is 5.63 Å². The molecule has 0 unspecified atom stereocenters. The van der Waals surface area contributed by atoms with Crippen molar-refractivity contribution in [1.29, 1.82) is 0 Å². The van der Waals surface area contributed by atoms with Crippen molar-refractivity contribution in [3.63, 3.8) is 0 Å². The molecule has 2 heterocycles. The van der Waals surface area contributed by atoms with Crippen molar-refractivity contribution >= 4 is 28.5 Å². The lowest BCUT2D eigenvalue weighted by molar-refractivity contribution is -0.122. The maximum atomic E-state index is 13.6. The van der Waals surface area contributed by atoms with E-state index in [1.807, 2.05) is 0 Å². The summed E-state index contributed by atoms with van der Waals surface area (Å²) in [5, 5.41) is 3.42. The zero-order valence-corrected chi connectivity index (χ0v) is 20.6. The maximum absolute atomic E-state index is 13.6. The Labute approximate surface area is 216 Å². The second-order valence-corrected chi connectivity index (χ2v) is 8.53. The Hall–Kier alpha value is -4.99. The van der Waals surface area contributed by atoms with Crippen molar-refractivity contribution in [2.45, 2.75) is 12.0 Å². The van der Waals surface area contributed by atoms with Gasteiger partial charge in [-0.1, -0.05) is 18.2 Å². The number of benzene rings is 3. The van der Waals surface area contributed by atoms with Crippen LogP contribution >= 0.6 is 0 Å². The minimum atomic E-state index is -1.11. The standard InChI is InChI=1S/C28H24N2O8/c1-34-17-10-8-16(9-11-17)30-27(32)26-23(15-7-12-20(21(13-15)35-2)36-14-22(29)31)24-25(38-26)18-5-3-4-6-19(18)37-28(24)33/h3-13,23,26H,14H2,1-2H3,(H2,29,31)(H,30,32)/t23-,26+/m1/s1. The Morgan fingerprint density at radius 1 is 0.974 bits per heavy atom. The number of amides is 2. The smallest absolute Gasteiger partial charge is 0.344 e. The number of fused-ring (bicyclic) bond motifs is 3. The van der Waals surface area contributed by atoms with E-state index in [4.69, 9.17) is 29.1 Å². The number of methoxy groups -OCH3 is 2. The van der Waals surface area contributed by atoms with E-state index in [-0.39, 0.29) is 29.4 Å². The highest BCUT2D eigenvalue weighted by Gasteiger charge is 2.44. The number of ether oxygens (including phenoxy) is 4. The summed E-state index contributed by atoms with van der Waals surface area (Å²) in [4.78, 5) is 37.9. The number of nitrogens with two attached hydrogens (primary N) is 1. The molecule has 0 bridgehead atoms. The van der Waals surface area contributed by atoms with Gasteiger partial charge < -0.3 is 34.4 Å². The quantitative estimate of drug-likeness (QED) is 0.341. The van der Waals surface area contributed by atoms with Gasteiger partial charge in [0.05, 0.1) is 31.1 Å². The molecule has 1 aromatic heterocycles. The Bertz CT molecular complexity index is 1580. The third-order valence-corrected chi connectivity index (χ3v) is 6.19. The lowest BCUT2D eigenvalue weighted by atomic mass is 9.88. The van der Waals surface area contributed by atoms with Gasteiger partial charge in [-0.2, -0.15) is 0 Å². The van der Waals surface area contributed by atoms with E-state index in [0.717, 1.165) is 0 Å². The number of nitrogens with one attached hydrogen (secondary N) is 1. The molecule has 3 aromatic carbocycles. The van der Waals surface area contributed by atoms with Gasteiger partial charge in [0.2, 0.25) is 0 Å². The lowest BCUT2D eigenvalue weighted by Gasteiger charge is -2.20. The first kappa shape index (κ1) is 24.7. The van der Waals surface area contributed by atoms with Crippen LogP contribution in [0.2, 0.25) is 0 Å². The zero-order chi connectivity index (χ0) is 26.8. The first-order valence-electron chi connectivity index (χ1n) is 11.7. The van der Waals surface area contributed by atoms with Gasteiger partial charge in [-0.15, -0.1) is 0 Å². The first-order valence-corrected chi connectivity index (χ1v) is 11.7. The highest BCUT2D eigenvalue weighted by molar-refractivity contribution is 5.97. The molecule has 0 saturated heterocycles. The molecule has 2 atom stereocenters. The van der Waals surface area contributed by atoms with Gasteiger partial charge in [-0.05, 0) is 54.1 Å². The van der Waals surface area contributed by atoms with Crippen molar-refractivity contribution in [1.82, 2.24) is 0 Å². The Kier molecular flexibility index (Phi) is 6.61. The molecule has 194 valence electrons. The van der Waals surface area contributed by atoms with Gasteiger partial charge in [-0.25, -0.2) is 4.79 Å². The lowest BCUT2D eigenvalue weighted by Crippen LogP contribution is -2.35. The van der Waals surface area contributed by atoms with Gasteiger partial charge in [0.15, 0.2) is 24.2 Å². The fraction of sp³-hybridized carbons (Fsp3) is 0.179. The molecule has 38 heavy (non-hydrogen) atoms. The van der Waals surface area contributed by atoms with Crippen LogP contribution in [0.25, 0.3) is 11.0 Å². The minimum absolute atomic E-state index is 0.214. The molecule has 0 aliphatic carbocycles. The van der Waals surface area contributed by atoms with E-state index in [0.29, 0.717) is 28.0 Å². The number of rotatable bonds is 8.